The Labute approximate surface area is 113 Å². The standard InChI is InChI=1S/C15H18N2O2/c1-3-8-16-15(19)9-12-10-17(11(2)18)14-7-5-4-6-13(12)14/h3-7,12H,1,8-10H2,2H3,(H,16,19). The fraction of sp³-hybridized carbons (Fsp3) is 0.333. The first-order valence-corrected chi connectivity index (χ1v) is 6.38. The lowest BCUT2D eigenvalue weighted by Gasteiger charge is -2.15. The summed E-state index contributed by atoms with van der Waals surface area (Å²) in [6, 6.07) is 7.77. The third-order valence-corrected chi connectivity index (χ3v) is 3.33. The maximum absolute atomic E-state index is 11.8. The van der Waals surface area contributed by atoms with E-state index < -0.39 is 0 Å². The van der Waals surface area contributed by atoms with E-state index in [1.54, 1.807) is 17.9 Å². The minimum Gasteiger partial charge on any atom is -0.353 e. The summed E-state index contributed by atoms with van der Waals surface area (Å²) < 4.78 is 0. The average Bonchev–Trinajstić information content (AvgIpc) is 2.76. The fourth-order valence-electron chi connectivity index (χ4n) is 2.45. The Balaban J connectivity index is 2.14. The highest BCUT2D eigenvalue weighted by Gasteiger charge is 2.31. The Kier molecular flexibility index (Phi) is 4.00. The molecule has 0 saturated carbocycles. The summed E-state index contributed by atoms with van der Waals surface area (Å²) in [7, 11) is 0. The van der Waals surface area contributed by atoms with Gasteiger partial charge < -0.3 is 10.2 Å². The number of fused-ring (bicyclic) bond motifs is 1. The van der Waals surface area contributed by atoms with Crippen LogP contribution in [0.3, 0.4) is 0 Å². The maximum Gasteiger partial charge on any atom is 0.223 e. The molecule has 0 fully saturated rings. The van der Waals surface area contributed by atoms with E-state index in [2.05, 4.69) is 11.9 Å². The van der Waals surface area contributed by atoms with Gasteiger partial charge in [-0.3, -0.25) is 9.59 Å². The zero-order valence-electron chi connectivity index (χ0n) is 11.1. The molecule has 1 unspecified atom stereocenters. The van der Waals surface area contributed by atoms with Crippen LogP contribution in [0.1, 0.15) is 24.8 Å². The summed E-state index contributed by atoms with van der Waals surface area (Å²) in [6.07, 6.45) is 2.05. The van der Waals surface area contributed by atoms with Gasteiger partial charge in [0, 0.05) is 38.0 Å². The molecule has 1 aliphatic rings. The van der Waals surface area contributed by atoms with Gasteiger partial charge in [0.1, 0.15) is 0 Å². The van der Waals surface area contributed by atoms with Crippen molar-refractivity contribution in [2.45, 2.75) is 19.3 Å². The van der Waals surface area contributed by atoms with Gasteiger partial charge in [-0.1, -0.05) is 24.3 Å². The lowest BCUT2D eigenvalue weighted by atomic mass is 9.98. The Hall–Kier alpha value is -2.10. The van der Waals surface area contributed by atoms with Crippen LogP contribution in [0.15, 0.2) is 36.9 Å². The Morgan fingerprint density at radius 1 is 1.47 bits per heavy atom. The Morgan fingerprint density at radius 3 is 2.89 bits per heavy atom. The van der Waals surface area contributed by atoms with Crippen LogP contribution in [0, 0.1) is 0 Å². The van der Waals surface area contributed by atoms with Crippen LogP contribution in [-0.4, -0.2) is 24.9 Å². The van der Waals surface area contributed by atoms with Crippen molar-refractivity contribution in [3.8, 4) is 0 Å². The van der Waals surface area contributed by atoms with Crippen LogP contribution in [0.5, 0.6) is 0 Å². The molecular weight excluding hydrogens is 240 g/mol. The summed E-state index contributed by atoms with van der Waals surface area (Å²) in [5, 5.41) is 2.77. The smallest absolute Gasteiger partial charge is 0.223 e. The lowest BCUT2D eigenvalue weighted by molar-refractivity contribution is -0.121. The number of carbonyl (C=O) groups is 2. The summed E-state index contributed by atoms with van der Waals surface area (Å²) in [5.41, 5.74) is 2.00. The molecule has 0 aliphatic carbocycles. The molecule has 2 amide bonds. The molecule has 1 aliphatic heterocycles. The second-order valence-corrected chi connectivity index (χ2v) is 4.68. The van der Waals surface area contributed by atoms with Gasteiger partial charge >= 0.3 is 0 Å². The van der Waals surface area contributed by atoms with Gasteiger partial charge in [-0.15, -0.1) is 6.58 Å². The van der Waals surface area contributed by atoms with E-state index in [4.69, 9.17) is 0 Å². The van der Waals surface area contributed by atoms with Crippen LogP contribution in [0.25, 0.3) is 0 Å². The predicted molar refractivity (Wildman–Crippen MR) is 75.0 cm³/mol. The minimum absolute atomic E-state index is 0.00916. The van der Waals surface area contributed by atoms with Crippen molar-refractivity contribution in [2.75, 3.05) is 18.0 Å². The zero-order valence-corrected chi connectivity index (χ0v) is 11.1. The third-order valence-electron chi connectivity index (χ3n) is 3.33. The van der Waals surface area contributed by atoms with Crippen LogP contribution >= 0.6 is 0 Å². The van der Waals surface area contributed by atoms with Crippen LogP contribution in [0.2, 0.25) is 0 Å². The first-order valence-electron chi connectivity index (χ1n) is 6.38. The van der Waals surface area contributed by atoms with Gasteiger partial charge in [-0.2, -0.15) is 0 Å². The number of anilines is 1. The molecule has 1 aromatic rings. The SMILES string of the molecule is C=CCNC(=O)CC1CN(C(C)=O)c2ccccc21. The van der Waals surface area contributed by atoms with Crippen molar-refractivity contribution in [1.29, 1.82) is 0 Å². The number of carbonyl (C=O) groups excluding carboxylic acids is 2. The van der Waals surface area contributed by atoms with Gasteiger partial charge in [0.15, 0.2) is 0 Å². The third kappa shape index (κ3) is 2.84. The van der Waals surface area contributed by atoms with Gasteiger partial charge in [0.25, 0.3) is 0 Å². The van der Waals surface area contributed by atoms with Gasteiger partial charge in [0.2, 0.25) is 11.8 Å². The molecule has 0 saturated heterocycles. The molecule has 1 aromatic carbocycles. The molecule has 0 bridgehead atoms. The number of nitrogens with one attached hydrogen (secondary N) is 1. The normalized spacial score (nSPS) is 16.9. The van der Waals surface area contributed by atoms with E-state index in [0.29, 0.717) is 19.5 Å². The molecule has 0 aromatic heterocycles. The van der Waals surface area contributed by atoms with Crippen LogP contribution < -0.4 is 10.2 Å². The van der Waals surface area contributed by atoms with Crippen molar-refractivity contribution < 1.29 is 9.59 Å². The predicted octanol–water partition coefficient (Wildman–Crippen LogP) is 1.83. The largest absolute Gasteiger partial charge is 0.353 e. The first-order chi connectivity index (χ1) is 9.13. The Morgan fingerprint density at radius 2 is 2.21 bits per heavy atom. The van der Waals surface area contributed by atoms with Crippen molar-refractivity contribution >= 4 is 17.5 Å². The molecule has 2 rings (SSSR count). The van der Waals surface area contributed by atoms with E-state index in [-0.39, 0.29) is 17.7 Å². The number of benzene rings is 1. The van der Waals surface area contributed by atoms with Crippen LogP contribution in [0.4, 0.5) is 5.69 Å². The Bertz CT molecular complexity index is 511. The van der Waals surface area contributed by atoms with Gasteiger partial charge in [0.05, 0.1) is 0 Å². The van der Waals surface area contributed by atoms with E-state index in [9.17, 15) is 9.59 Å². The molecule has 0 radical (unpaired) electrons. The molecule has 0 spiro atoms. The molecule has 1 atom stereocenters. The second-order valence-electron chi connectivity index (χ2n) is 4.68. The average molecular weight is 258 g/mol. The monoisotopic (exact) mass is 258 g/mol. The van der Waals surface area contributed by atoms with Crippen LogP contribution in [-0.2, 0) is 9.59 Å². The molecule has 4 nitrogen and oxygen atoms in total. The molecule has 1 N–H and O–H groups in total. The summed E-state index contributed by atoms with van der Waals surface area (Å²) in [4.78, 5) is 25.1. The van der Waals surface area contributed by atoms with E-state index >= 15 is 0 Å². The first kappa shape index (κ1) is 13.3. The van der Waals surface area contributed by atoms with Crippen molar-refractivity contribution in [1.82, 2.24) is 5.32 Å². The van der Waals surface area contributed by atoms with E-state index in [1.807, 2.05) is 24.3 Å². The number of hydrogen-bond donors (Lipinski definition) is 1. The molecule has 100 valence electrons. The van der Waals surface area contributed by atoms with Crippen molar-refractivity contribution in [3.05, 3.63) is 42.5 Å². The quantitative estimate of drug-likeness (QED) is 0.838. The number of para-hydroxylation sites is 1. The summed E-state index contributed by atoms with van der Waals surface area (Å²) in [5.74, 6) is 0.0801. The van der Waals surface area contributed by atoms with Crippen molar-refractivity contribution in [3.63, 3.8) is 0 Å². The molecule has 1 heterocycles. The highest BCUT2D eigenvalue weighted by Crippen LogP contribution is 2.37. The number of nitrogens with zero attached hydrogens (tertiary/aromatic N) is 1. The number of rotatable bonds is 4. The maximum atomic E-state index is 11.8. The van der Waals surface area contributed by atoms with Gasteiger partial charge in [-0.25, -0.2) is 0 Å². The number of amides is 2. The molecular formula is C15H18N2O2. The topological polar surface area (TPSA) is 49.4 Å². The van der Waals surface area contributed by atoms with E-state index in [1.165, 1.54) is 0 Å². The van der Waals surface area contributed by atoms with Crippen molar-refractivity contribution in [2.24, 2.45) is 0 Å². The molecule has 19 heavy (non-hydrogen) atoms. The fourth-order valence-corrected chi connectivity index (χ4v) is 2.45. The van der Waals surface area contributed by atoms with Gasteiger partial charge in [-0.05, 0) is 11.6 Å². The summed E-state index contributed by atoms with van der Waals surface area (Å²) in [6.45, 7) is 6.18. The highest BCUT2D eigenvalue weighted by atomic mass is 16.2. The minimum atomic E-state index is -0.00916. The highest BCUT2D eigenvalue weighted by molar-refractivity contribution is 5.94. The second kappa shape index (κ2) is 5.69. The van der Waals surface area contributed by atoms with E-state index in [0.717, 1.165) is 11.3 Å². The summed E-state index contributed by atoms with van der Waals surface area (Å²) >= 11 is 0. The zero-order chi connectivity index (χ0) is 13.8. The lowest BCUT2D eigenvalue weighted by Crippen LogP contribution is -2.29. The molecule has 4 heteroatoms. The number of hydrogen-bond acceptors (Lipinski definition) is 2.